The molecule has 0 unspecified atom stereocenters. The van der Waals surface area contributed by atoms with Gasteiger partial charge in [0.25, 0.3) is 0 Å². The Hall–Kier alpha value is -3.60. The summed E-state index contributed by atoms with van der Waals surface area (Å²) >= 11 is 0. The van der Waals surface area contributed by atoms with Crippen LogP contribution in [0.1, 0.15) is 30.5 Å². The summed E-state index contributed by atoms with van der Waals surface area (Å²) in [7, 11) is 0. The monoisotopic (exact) mass is 428 g/mol. The van der Waals surface area contributed by atoms with Gasteiger partial charge in [0.2, 0.25) is 11.8 Å². The molecule has 5 heteroatoms. The number of rotatable bonds is 8. The van der Waals surface area contributed by atoms with Crippen LogP contribution < -0.4 is 15.0 Å². The van der Waals surface area contributed by atoms with Gasteiger partial charge in [0.05, 0.1) is 18.6 Å². The van der Waals surface area contributed by atoms with Crippen molar-refractivity contribution in [3.05, 3.63) is 96.1 Å². The molecule has 1 aliphatic rings. The topological polar surface area (TPSA) is 58.6 Å². The Morgan fingerprint density at radius 2 is 1.66 bits per heavy atom. The van der Waals surface area contributed by atoms with Crippen molar-refractivity contribution in [2.24, 2.45) is 5.92 Å². The van der Waals surface area contributed by atoms with Crippen LogP contribution in [0.15, 0.2) is 84.9 Å². The molecular formula is C27H28N2O3. The van der Waals surface area contributed by atoms with E-state index in [0.29, 0.717) is 19.6 Å². The number of hydrogen-bond acceptors (Lipinski definition) is 3. The van der Waals surface area contributed by atoms with Crippen molar-refractivity contribution in [1.82, 2.24) is 5.32 Å². The van der Waals surface area contributed by atoms with Gasteiger partial charge in [-0.15, -0.1) is 0 Å². The first-order chi connectivity index (χ1) is 15.6. The molecule has 1 saturated heterocycles. The van der Waals surface area contributed by atoms with Crippen molar-refractivity contribution in [3.8, 4) is 5.75 Å². The highest BCUT2D eigenvalue weighted by Gasteiger charge is 2.36. The average Bonchev–Trinajstić information content (AvgIpc) is 3.22. The van der Waals surface area contributed by atoms with Crippen LogP contribution in [0.4, 0.5) is 5.69 Å². The summed E-state index contributed by atoms with van der Waals surface area (Å²) in [6.07, 6.45) is 0.908. The minimum Gasteiger partial charge on any atom is -0.494 e. The molecule has 3 aromatic carbocycles. The van der Waals surface area contributed by atoms with Crippen molar-refractivity contribution < 1.29 is 14.3 Å². The van der Waals surface area contributed by atoms with Crippen molar-refractivity contribution in [3.63, 3.8) is 0 Å². The van der Waals surface area contributed by atoms with Gasteiger partial charge >= 0.3 is 0 Å². The molecule has 2 atom stereocenters. The van der Waals surface area contributed by atoms with Crippen LogP contribution >= 0.6 is 0 Å². The van der Waals surface area contributed by atoms with Crippen molar-refractivity contribution in [2.45, 2.75) is 25.8 Å². The Morgan fingerprint density at radius 1 is 1.00 bits per heavy atom. The summed E-state index contributed by atoms with van der Waals surface area (Å²) in [6.45, 7) is 2.91. The normalized spacial score (nSPS) is 16.6. The predicted molar refractivity (Wildman–Crippen MR) is 126 cm³/mol. The molecule has 5 nitrogen and oxygen atoms in total. The molecule has 1 N–H and O–H groups in total. The first-order valence-electron chi connectivity index (χ1n) is 11.1. The molecule has 2 amide bonds. The summed E-state index contributed by atoms with van der Waals surface area (Å²) in [6, 6.07) is 27.4. The molecule has 164 valence electrons. The number of anilines is 1. The summed E-state index contributed by atoms with van der Waals surface area (Å²) in [5.74, 6) is 0.269. The number of amides is 2. The van der Waals surface area contributed by atoms with Crippen LogP contribution in [0.2, 0.25) is 0 Å². The lowest BCUT2D eigenvalue weighted by Gasteiger charge is -2.22. The summed E-state index contributed by atoms with van der Waals surface area (Å²) in [5, 5.41) is 3.20. The second kappa shape index (κ2) is 10.1. The van der Waals surface area contributed by atoms with E-state index in [9.17, 15) is 9.59 Å². The van der Waals surface area contributed by atoms with Gasteiger partial charge in [-0.05, 0) is 48.7 Å². The van der Waals surface area contributed by atoms with Crippen LogP contribution in [0, 0.1) is 5.92 Å². The van der Waals surface area contributed by atoms with E-state index in [2.05, 4.69) is 17.4 Å². The highest BCUT2D eigenvalue weighted by molar-refractivity contribution is 6.00. The maximum atomic E-state index is 13.2. The van der Waals surface area contributed by atoms with Crippen LogP contribution in [0.5, 0.6) is 5.75 Å². The van der Waals surface area contributed by atoms with E-state index in [1.807, 2.05) is 79.7 Å². The zero-order chi connectivity index (χ0) is 22.3. The van der Waals surface area contributed by atoms with Crippen LogP contribution in [-0.2, 0) is 16.0 Å². The summed E-state index contributed by atoms with van der Waals surface area (Å²) < 4.78 is 5.48. The molecule has 1 heterocycles. The smallest absolute Gasteiger partial charge is 0.227 e. The third-order valence-corrected chi connectivity index (χ3v) is 5.76. The molecule has 0 aliphatic carbocycles. The third kappa shape index (κ3) is 5.17. The van der Waals surface area contributed by atoms with Gasteiger partial charge in [-0.2, -0.15) is 0 Å². The van der Waals surface area contributed by atoms with Crippen LogP contribution in [-0.4, -0.2) is 25.0 Å². The Balaban J connectivity index is 1.45. The molecule has 0 bridgehead atoms. The highest BCUT2D eigenvalue weighted by Crippen LogP contribution is 2.28. The van der Waals surface area contributed by atoms with E-state index in [1.54, 1.807) is 4.90 Å². The van der Waals surface area contributed by atoms with Crippen LogP contribution in [0.3, 0.4) is 0 Å². The zero-order valence-electron chi connectivity index (χ0n) is 18.2. The lowest BCUT2D eigenvalue weighted by atomic mass is 9.97. The molecule has 1 fully saturated rings. The summed E-state index contributed by atoms with van der Waals surface area (Å²) in [5.41, 5.74) is 3.00. The van der Waals surface area contributed by atoms with Crippen molar-refractivity contribution >= 4 is 17.5 Å². The lowest BCUT2D eigenvalue weighted by Crippen LogP contribution is -2.36. The molecular weight excluding hydrogens is 400 g/mol. The molecule has 4 rings (SSSR count). The van der Waals surface area contributed by atoms with Crippen LogP contribution in [0.25, 0.3) is 0 Å². The second-order valence-electron chi connectivity index (χ2n) is 7.99. The van der Waals surface area contributed by atoms with Crippen molar-refractivity contribution in [2.75, 3.05) is 18.1 Å². The van der Waals surface area contributed by atoms with Gasteiger partial charge in [0.1, 0.15) is 5.75 Å². The van der Waals surface area contributed by atoms with Gasteiger partial charge in [-0.25, -0.2) is 0 Å². The molecule has 3 aromatic rings. The summed E-state index contributed by atoms with van der Waals surface area (Å²) in [4.78, 5) is 27.5. The van der Waals surface area contributed by atoms with E-state index in [-0.39, 0.29) is 30.2 Å². The third-order valence-electron chi connectivity index (χ3n) is 5.76. The molecule has 0 spiro atoms. The molecule has 0 aromatic heterocycles. The predicted octanol–water partition coefficient (Wildman–Crippen LogP) is 4.54. The van der Waals surface area contributed by atoms with Gasteiger partial charge in [0, 0.05) is 18.7 Å². The number of carbonyl (C=O) groups excluding carboxylic acids is 2. The number of benzene rings is 3. The number of carbonyl (C=O) groups is 2. The Kier molecular flexibility index (Phi) is 6.85. The maximum Gasteiger partial charge on any atom is 0.227 e. The van der Waals surface area contributed by atoms with E-state index in [4.69, 9.17) is 4.74 Å². The zero-order valence-corrected chi connectivity index (χ0v) is 18.2. The van der Waals surface area contributed by atoms with E-state index < -0.39 is 0 Å². The van der Waals surface area contributed by atoms with Crippen molar-refractivity contribution in [1.29, 1.82) is 0 Å². The van der Waals surface area contributed by atoms with E-state index in [0.717, 1.165) is 22.6 Å². The first kappa shape index (κ1) is 21.6. The minimum absolute atomic E-state index is 0.0337. The fourth-order valence-corrected chi connectivity index (χ4v) is 4.10. The standard InChI is InChI=1S/C27H28N2O3/c1-2-32-24-15-13-23(14-16-24)29-19-22(18-26(29)30)27(31)28-25(21-11-7-4-8-12-21)17-20-9-5-3-6-10-20/h3-16,22,25H,2,17-19H2,1H3,(H,28,31)/t22-,25+/m0/s1. The van der Waals surface area contributed by atoms with Gasteiger partial charge in [-0.1, -0.05) is 60.7 Å². The van der Waals surface area contributed by atoms with E-state index in [1.165, 1.54) is 0 Å². The quantitative estimate of drug-likeness (QED) is 0.573. The van der Waals surface area contributed by atoms with Gasteiger partial charge in [0.15, 0.2) is 0 Å². The molecule has 32 heavy (non-hydrogen) atoms. The largest absolute Gasteiger partial charge is 0.494 e. The number of nitrogens with zero attached hydrogens (tertiary/aromatic N) is 1. The Bertz CT molecular complexity index is 1040. The fourth-order valence-electron chi connectivity index (χ4n) is 4.10. The lowest BCUT2D eigenvalue weighted by molar-refractivity contribution is -0.127. The molecule has 0 radical (unpaired) electrons. The Morgan fingerprint density at radius 3 is 2.31 bits per heavy atom. The fraction of sp³-hybridized carbons (Fsp3) is 0.259. The number of ether oxygens (including phenoxy) is 1. The van der Waals surface area contributed by atoms with Gasteiger partial charge < -0.3 is 15.0 Å². The maximum absolute atomic E-state index is 13.2. The van der Waals surface area contributed by atoms with E-state index >= 15 is 0 Å². The Labute approximate surface area is 189 Å². The second-order valence-corrected chi connectivity index (χ2v) is 7.99. The minimum atomic E-state index is -0.379. The molecule has 0 saturated carbocycles. The number of hydrogen-bond donors (Lipinski definition) is 1. The van der Waals surface area contributed by atoms with Gasteiger partial charge in [-0.3, -0.25) is 9.59 Å². The first-order valence-corrected chi connectivity index (χ1v) is 11.1. The molecule has 1 aliphatic heterocycles. The average molecular weight is 429 g/mol. The number of nitrogens with one attached hydrogen (secondary N) is 1. The SMILES string of the molecule is CCOc1ccc(N2C[C@@H](C(=O)N[C@H](Cc3ccccc3)c3ccccc3)CC2=O)cc1. The highest BCUT2D eigenvalue weighted by atomic mass is 16.5.